The maximum absolute atomic E-state index is 12.0. The average molecular weight is 376 g/mol. The van der Waals surface area contributed by atoms with E-state index in [1.54, 1.807) is 6.92 Å². The number of hydrogen-bond acceptors (Lipinski definition) is 5. The number of aryl methyl sites for hydroxylation is 1. The van der Waals surface area contributed by atoms with Crippen LogP contribution in [0.5, 0.6) is 0 Å². The first-order chi connectivity index (χ1) is 9.27. The zero-order valence-corrected chi connectivity index (χ0v) is 13.5. The third-order valence-corrected chi connectivity index (χ3v) is 4.84. The largest absolute Gasteiger partial charge is 0.320 e. The van der Waals surface area contributed by atoms with Gasteiger partial charge in [-0.15, -0.1) is 11.3 Å². The lowest BCUT2D eigenvalue weighted by molar-refractivity contribution is 0.103. The summed E-state index contributed by atoms with van der Waals surface area (Å²) in [5.41, 5.74) is 0.452. The summed E-state index contributed by atoms with van der Waals surface area (Å²) in [6, 6.07) is 4.13. The number of anilines is 1. The lowest BCUT2D eigenvalue weighted by Gasteiger charge is -2.07. The van der Waals surface area contributed by atoms with Gasteiger partial charge in [0.25, 0.3) is 5.91 Å². The molecule has 0 aliphatic heterocycles. The Bertz CT molecular complexity index is 771. The number of hydrogen-bond donors (Lipinski definition) is 2. The van der Waals surface area contributed by atoms with E-state index in [1.807, 2.05) is 0 Å². The molecule has 0 atom stereocenters. The van der Waals surface area contributed by atoms with Crippen LogP contribution in [-0.4, -0.2) is 19.3 Å². The van der Waals surface area contributed by atoms with E-state index in [9.17, 15) is 13.2 Å². The predicted octanol–water partition coefficient (Wildman–Crippen LogP) is 2.11. The van der Waals surface area contributed by atoms with E-state index in [0.717, 1.165) is 5.01 Å². The summed E-state index contributed by atoms with van der Waals surface area (Å²) in [7, 11) is -3.77. The number of nitrogens with one attached hydrogen (secondary N) is 1. The van der Waals surface area contributed by atoms with E-state index >= 15 is 0 Å². The molecule has 0 spiro atoms. The first-order valence-electron chi connectivity index (χ1n) is 5.33. The summed E-state index contributed by atoms with van der Waals surface area (Å²) in [5.74, 6) is -0.306. The van der Waals surface area contributed by atoms with Crippen molar-refractivity contribution in [2.24, 2.45) is 5.14 Å². The highest BCUT2D eigenvalue weighted by Crippen LogP contribution is 2.26. The molecule has 106 valence electrons. The maximum Gasteiger partial charge on any atom is 0.267 e. The van der Waals surface area contributed by atoms with Crippen molar-refractivity contribution in [3.63, 3.8) is 0 Å². The molecule has 1 aromatic heterocycles. The van der Waals surface area contributed by atoms with Gasteiger partial charge >= 0.3 is 0 Å². The van der Waals surface area contributed by atoms with Crippen LogP contribution in [0.1, 0.15) is 14.7 Å². The molecule has 0 fully saturated rings. The van der Waals surface area contributed by atoms with Crippen LogP contribution in [0, 0.1) is 6.92 Å². The fourth-order valence-electron chi connectivity index (χ4n) is 1.42. The van der Waals surface area contributed by atoms with Gasteiger partial charge in [-0.05, 0) is 41.1 Å². The number of carbonyl (C=O) groups excluding carboxylic acids is 1. The van der Waals surface area contributed by atoms with Crippen LogP contribution in [0.3, 0.4) is 0 Å². The second-order valence-corrected chi connectivity index (χ2v) is 7.53. The number of nitrogens with zero attached hydrogens (tertiary/aromatic N) is 1. The van der Waals surface area contributed by atoms with E-state index in [1.165, 1.54) is 35.7 Å². The maximum atomic E-state index is 12.0. The second kappa shape index (κ2) is 5.60. The Hall–Kier alpha value is -1.29. The molecule has 1 aromatic carbocycles. The van der Waals surface area contributed by atoms with Crippen molar-refractivity contribution in [2.75, 3.05) is 5.32 Å². The molecule has 0 aliphatic carbocycles. The van der Waals surface area contributed by atoms with Crippen molar-refractivity contribution in [1.29, 1.82) is 0 Å². The molecule has 2 rings (SSSR count). The van der Waals surface area contributed by atoms with E-state index in [4.69, 9.17) is 5.14 Å². The zero-order valence-electron chi connectivity index (χ0n) is 10.3. The van der Waals surface area contributed by atoms with Gasteiger partial charge in [-0.1, -0.05) is 0 Å². The molecular formula is C11H10BrN3O3S2. The number of rotatable bonds is 3. The zero-order chi connectivity index (χ0) is 14.9. The van der Waals surface area contributed by atoms with Gasteiger partial charge in [-0.25, -0.2) is 18.5 Å². The average Bonchev–Trinajstić information content (AvgIpc) is 2.77. The monoisotopic (exact) mass is 375 g/mol. The van der Waals surface area contributed by atoms with Gasteiger partial charge in [0.05, 0.1) is 21.8 Å². The minimum absolute atomic E-state index is 0.0315. The van der Waals surface area contributed by atoms with E-state index in [0.29, 0.717) is 15.0 Å². The first kappa shape index (κ1) is 15.1. The van der Waals surface area contributed by atoms with Crippen molar-refractivity contribution in [3.8, 4) is 0 Å². The normalized spacial score (nSPS) is 11.3. The number of amides is 1. The Balaban J connectivity index is 2.25. The standard InChI is InChI=1S/C11H10BrN3O3S2/c1-6-14-5-10(19-6)11(16)15-9-3-2-7(4-8(9)12)20(13,17)18/h2-5H,1H3,(H,15,16)(H2,13,17,18). The van der Waals surface area contributed by atoms with E-state index in [-0.39, 0.29) is 10.8 Å². The van der Waals surface area contributed by atoms with Crippen molar-refractivity contribution in [1.82, 2.24) is 4.98 Å². The van der Waals surface area contributed by atoms with Gasteiger partial charge in [0.2, 0.25) is 10.0 Å². The Morgan fingerprint density at radius 2 is 2.15 bits per heavy atom. The van der Waals surface area contributed by atoms with Crippen molar-refractivity contribution < 1.29 is 13.2 Å². The summed E-state index contributed by atoms with van der Waals surface area (Å²) in [6.07, 6.45) is 1.49. The number of primary sulfonamides is 1. The van der Waals surface area contributed by atoms with Gasteiger partial charge in [-0.3, -0.25) is 4.79 Å². The molecule has 0 unspecified atom stereocenters. The second-order valence-electron chi connectivity index (χ2n) is 3.88. The smallest absolute Gasteiger partial charge is 0.267 e. The van der Waals surface area contributed by atoms with E-state index < -0.39 is 10.0 Å². The van der Waals surface area contributed by atoms with Crippen molar-refractivity contribution in [2.45, 2.75) is 11.8 Å². The number of halogens is 1. The molecule has 1 heterocycles. The topological polar surface area (TPSA) is 102 Å². The number of sulfonamides is 1. The minimum atomic E-state index is -3.77. The summed E-state index contributed by atoms with van der Waals surface area (Å²) in [6.45, 7) is 1.80. The molecule has 0 saturated heterocycles. The predicted molar refractivity (Wildman–Crippen MR) is 80.3 cm³/mol. The first-order valence-corrected chi connectivity index (χ1v) is 8.49. The molecule has 0 saturated carbocycles. The van der Waals surface area contributed by atoms with Crippen LogP contribution in [0.2, 0.25) is 0 Å². The Morgan fingerprint density at radius 3 is 2.65 bits per heavy atom. The Morgan fingerprint density at radius 1 is 1.45 bits per heavy atom. The van der Waals surface area contributed by atoms with Gasteiger partial charge in [0, 0.05) is 4.47 Å². The fourth-order valence-corrected chi connectivity index (χ4v) is 3.27. The molecule has 6 nitrogen and oxygen atoms in total. The van der Waals surface area contributed by atoms with Gasteiger partial charge in [0.15, 0.2) is 0 Å². The summed E-state index contributed by atoms with van der Waals surface area (Å²) in [4.78, 5) is 16.4. The molecule has 2 aromatic rings. The van der Waals surface area contributed by atoms with Crippen LogP contribution in [-0.2, 0) is 10.0 Å². The van der Waals surface area contributed by atoms with E-state index in [2.05, 4.69) is 26.2 Å². The van der Waals surface area contributed by atoms with Crippen molar-refractivity contribution >= 4 is 48.9 Å². The minimum Gasteiger partial charge on any atom is -0.320 e. The number of aromatic nitrogens is 1. The highest BCUT2D eigenvalue weighted by molar-refractivity contribution is 9.10. The molecule has 20 heavy (non-hydrogen) atoms. The molecule has 0 radical (unpaired) electrons. The Labute approximate surface area is 128 Å². The highest BCUT2D eigenvalue weighted by Gasteiger charge is 2.14. The van der Waals surface area contributed by atoms with Crippen LogP contribution < -0.4 is 10.5 Å². The van der Waals surface area contributed by atoms with Crippen molar-refractivity contribution in [3.05, 3.63) is 38.8 Å². The fraction of sp³-hybridized carbons (Fsp3) is 0.0909. The van der Waals surface area contributed by atoms with Crippen LogP contribution in [0.25, 0.3) is 0 Å². The number of thiazole rings is 1. The molecule has 1 amide bonds. The molecule has 0 bridgehead atoms. The van der Waals surface area contributed by atoms with Gasteiger partial charge in [0.1, 0.15) is 4.88 Å². The number of nitrogens with two attached hydrogens (primary N) is 1. The summed E-state index contributed by atoms with van der Waals surface area (Å²) < 4.78 is 22.8. The SMILES string of the molecule is Cc1ncc(C(=O)Nc2ccc(S(N)(=O)=O)cc2Br)s1. The highest BCUT2D eigenvalue weighted by atomic mass is 79.9. The third kappa shape index (κ3) is 3.42. The van der Waals surface area contributed by atoms with Crippen LogP contribution in [0.15, 0.2) is 33.8 Å². The van der Waals surface area contributed by atoms with Crippen LogP contribution >= 0.6 is 27.3 Å². The Kier molecular flexibility index (Phi) is 4.23. The summed E-state index contributed by atoms with van der Waals surface area (Å²) in [5, 5.41) is 8.49. The van der Waals surface area contributed by atoms with Gasteiger partial charge < -0.3 is 5.32 Å². The molecule has 9 heteroatoms. The quantitative estimate of drug-likeness (QED) is 0.857. The van der Waals surface area contributed by atoms with Crippen LogP contribution in [0.4, 0.5) is 5.69 Å². The summed E-state index contributed by atoms with van der Waals surface area (Å²) >= 11 is 4.47. The number of carbonyl (C=O) groups is 1. The number of benzene rings is 1. The lowest BCUT2D eigenvalue weighted by Crippen LogP contribution is -2.13. The molecule has 0 aliphatic rings. The van der Waals surface area contributed by atoms with Gasteiger partial charge in [-0.2, -0.15) is 0 Å². The molecule has 3 N–H and O–H groups in total. The molecular weight excluding hydrogens is 366 g/mol. The third-order valence-electron chi connectivity index (χ3n) is 2.36. The lowest BCUT2D eigenvalue weighted by atomic mass is 10.3.